The summed E-state index contributed by atoms with van der Waals surface area (Å²) in [5, 5.41) is 0.599. The van der Waals surface area contributed by atoms with Crippen LogP contribution in [0.1, 0.15) is 17.8 Å². The van der Waals surface area contributed by atoms with Gasteiger partial charge in [-0.25, -0.2) is 4.98 Å². The molecule has 0 atom stereocenters. The molecule has 1 aromatic heterocycles. The van der Waals surface area contributed by atoms with Crippen LogP contribution in [0.4, 0.5) is 5.69 Å². The van der Waals surface area contributed by atoms with Crippen molar-refractivity contribution in [1.29, 1.82) is 0 Å². The maximum Gasteiger partial charge on any atom is 0.261 e. The van der Waals surface area contributed by atoms with Gasteiger partial charge in [-0.15, -0.1) is 0 Å². The lowest BCUT2D eigenvalue weighted by Gasteiger charge is -2.06. The summed E-state index contributed by atoms with van der Waals surface area (Å²) in [5.41, 5.74) is 9.08. The van der Waals surface area contributed by atoms with E-state index in [2.05, 4.69) is 4.98 Å². The summed E-state index contributed by atoms with van der Waals surface area (Å²) >= 11 is 0. The predicted molar refractivity (Wildman–Crippen MR) is 95.5 cm³/mol. The summed E-state index contributed by atoms with van der Waals surface area (Å²) in [5.74, 6) is 2.20. The highest BCUT2D eigenvalue weighted by Gasteiger charge is 2.21. The smallest absolute Gasteiger partial charge is 0.261 e. The number of nitrogens with zero attached hydrogens (tertiary/aromatic N) is 2. The molecule has 3 aromatic rings. The van der Waals surface area contributed by atoms with E-state index >= 15 is 0 Å². The number of nitrogen functional groups attached to an aromatic ring is 1. The molecule has 2 aliphatic heterocycles. The monoisotopic (exact) mass is 333 g/mol. The van der Waals surface area contributed by atoms with Crippen molar-refractivity contribution in [2.45, 2.75) is 13.0 Å². The Balaban J connectivity index is 1.65. The molecular weight excluding hydrogens is 318 g/mol. The molecule has 5 rings (SSSR count). The Morgan fingerprint density at radius 1 is 1.12 bits per heavy atom. The highest BCUT2D eigenvalue weighted by molar-refractivity contribution is 5.86. The summed E-state index contributed by atoms with van der Waals surface area (Å²) in [7, 11) is 0. The first-order valence-corrected chi connectivity index (χ1v) is 8.10. The molecule has 0 bridgehead atoms. The number of nitrogens with two attached hydrogens (primary N) is 1. The van der Waals surface area contributed by atoms with E-state index in [0.29, 0.717) is 29.0 Å². The van der Waals surface area contributed by atoms with Crippen molar-refractivity contribution in [3.63, 3.8) is 0 Å². The lowest BCUT2D eigenvalue weighted by molar-refractivity contribution is 0.174. The number of benzene rings is 2. The Bertz CT molecular complexity index is 1110. The molecule has 0 saturated carbocycles. The molecule has 124 valence electrons. The minimum atomic E-state index is -0.0194. The van der Waals surface area contributed by atoms with Crippen LogP contribution in [-0.4, -0.2) is 16.3 Å². The Labute approximate surface area is 143 Å². The van der Waals surface area contributed by atoms with Gasteiger partial charge in [0.2, 0.25) is 6.79 Å². The number of rotatable bonds is 1. The van der Waals surface area contributed by atoms with Crippen LogP contribution in [-0.2, 0) is 6.54 Å². The molecule has 2 aromatic carbocycles. The minimum absolute atomic E-state index is 0.0194. The fourth-order valence-electron chi connectivity index (χ4n) is 3.38. The van der Waals surface area contributed by atoms with Gasteiger partial charge in [0, 0.05) is 12.2 Å². The molecular formula is C19H15N3O3. The predicted octanol–water partition coefficient (Wildman–Crippen LogP) is 2.65. The van der Waals surface area contributed by atoms with Gasteiger partial charge in [0.1, 0.15) is 5.82 Å². The van der Waals surface area contributed by atoms with Crippen LogP contribution in [0, 0.1) is 0 Å². The number of hydrogen-bond acceptors (Lipinski definition) is 5. The van der Waals surface area contributed by atoms with E-state index in [-0.39, 0.29) is 12.4 Å². The maximum absolute atomic E-state index is 12.7. The van der Waals surface area contributed by atoms with Crippen LogP contribution in [0.15, 0.2) is 41.2 Å². The third kappa shape index (κ3) is 2.18. The van der Waals surface area contributed by atoms with Crippen molar-refractivity contribution in [2.24, 2.45) is 0 Å². The largest absolute Gasteiger partial charge is 0.454 e. The number of anilines is 1. The first-order valence-electron chi connectivity index (χ1n) is 8.10. The van der Waals surface area contributed by atoms with Crippen molar-refractivity contribution in [1.82, 2.24) is 9.55 Å². The number of aromatic nitrogens is 2. The normalized spacial score (nSPS) is 16.6. The van der Waals surface area contributed by atoms with Gasteiger partial charge in [0.25, 0.3) is 5.56 Å². The van der Waals surface area contributed by atoms with E-state index < -0.39 is 0 Å². The molecule has 0 saturated heterocycles. The van der Waals surface area contributed by atoms with Crippen LogP contribution in [0.3, 0.4) is 0 Å². The van der Waals surface area contributed by atoms with Crippen molar-refractivity contribution in [2.75, 3.05) is 12.5 Å². The molecule has 0 aliphatic carbocycles. The lowest BCUT2D eigenvalue weighted by Crippen LogP contribution is -2.20. The summed E-state index contributed by atoms with van der Waals surface area (Å²) in [6.07, 6.45) is 2.81. The summed E-state index contributed by atoms with van der Waals surface area (Å²) in [6, 6.07) is 11.0. The highest BCUT2D eigenvalue weighted by Crippen LogP contribution is 2.34. The third-order valence-electron chi connectivity index (χ3n) is 4.61. The molecule has 6 heteroatoms. The van der Waals surface area contributed by atoms with E-state index in [1.807, 2.05) is 24.3 Å². The van der Waals surface area contributed by atoms with Crippen molar-refractivity contribution in [3.05, 3.63) is 58.1 Å². The van der Waals surface area contributed by atoms with Gasteiger partial charge < -0.3 is 15.2 Å². The quantitative estimate of drug-likeness (QED) is 0.693. The molecule has 0 amide bonds. The van der Waals surface area contributed by atoms with Gasteiger partial charge in [0.05, 0.1) is 10.9 Å². The van der Waals surface area contributed by atoms with Crippen molar-refractivity contribution >= 4 is 28.2 Å². The Hall–Kier alpha value is -3.28. The molecule has 2 aliphatic rings. The molecule has 0 radical (unpaired) electrons. The second-order valence-electron chi connectivity index (χ2n) is 6.20. The number of allylic oxidation sites excluding steroid dienone is 1. The van der Waals surface area contributed by atoms with E-state index in [4.69, 9.17) is 15.2 Å². The SMILES string of the molecule is Nc1ccc2c(=O)n3c(nc2c1)/C(=C\c1ccc2c(c1)OCO2)CC3. The fraction of sp³-hybridized carbons (Fsp3) is 0.158. The molecule has 6 nitrogen and oxygen atoms in total. The zero-order valence-corrected chi connectivity index (χ0v) is 13.4. The zero-order valence-electron chi connectivity index (χ0n) is 13.4. The van der Waals surface area contributed by atoms with Gasteiger partial charge in [-0.2, -0.15) is 0 Å². The van der Waals surface area contributed by atoms with Crippen molar-refractivity contribution < 1.29 is 9.47 Å². The second kappa shape index (κ2) is 5.11. The van der Waals surface area contributed by atoms with E-state index in [1.165, 1.54) is 0 Å². The van der Waals surface area contributed by atoms with Crippen LogP contribution in [0.5, 0.6) is 11.5 Å². The Morgan fingerprint density at radius 2 is 2.00 bits per heavy atom. The van der Waals surface area contributed by atoms with Crippen LogP contribution < -0.4 is 20.8 Å². The molecule has 0 unspecified atom stereocenters. The topological polar surface area (TPSA) is 79.4 Å². The average molecular weight is 333 g/mol. The van der Waals surface area contributed by atoms with Gasteiger partial charge in [-0.05, 0) is 54.0 Å². The van der Waals surface area contributed by atoms with Crippen molar-refractivity contribution in [3.8, 4) is 11.5 Å². The maximum atomic E-state index is 12.7. The molecule has 0 spiro atoms. The average Bonchev–Trinajstić information content (AvgIpc) is 3.22. The Morgan fingerprint density at radius 3 is 2.92 bits per heavy atom. The van der Waals surface area contributed by atoms with E-state index in [0.717, 1.165) is 29.1 Å². The van der Waals surface area contributed by atoms with Gasteiger partial charge in [0.15, 0.2) is 11.5 Å². The van der Waals surface area contributed by atoms with Gasteiger partial charge >= 0.3 is 0 Å². The minimum Gasteiger partial charge on any atom is -0.454 e. The first kappa shape index (κ1) is 14.1. The van der Waals surface area contributed by atoms with E-state index in [9.17, 15) is 4.79 Å². The van der Waals surface area contributed by atoms with Crippen LogP contribution in [0.25, 0.3) is 22.6 Å². The van der Waals surface area contributed by atoms with E-state index in [1.54, 1.807) is 22.8 Å². The first-order chi connectivity index (χ1) is 12.2. The van der Waals surface area contributed by atoms with Crippen LogP contribution >= 0.6 is 0 Å². The van der Waals surface area contributed by atoms with Crippen LogP contribution in [0.2, 0.25) is 0 Å². The highest BCUT2D eigenvalue weighted by atomic mass is 16.7. The number of ether oxygens (including phenoxy) is 2. The molecule has 2 N–H and O–H groups in total. The Kier molecular flexibility index (Phi) is 2.88. The molecule has 3 heterocycles. The fourth-order valence-corrected chi connectivity index (χ4v) is 3.38. The summed E-state index contributed by atoms with van der Waals surface area (Å²) < 4.78 is 12.5. The summed E-state index contributed by atoms with van der Waals surface area (Å²) in [4.78, 5) is 17.4. The lowest BCUT2D eigenvalue weighted by atomic mass is 10.1. The molecule has 0 fully saturated rings. The number of fused-ring (bicyclic) bond motifs is 3. The zero-order chi connectivity index (χ0) is 17.0. The van der Waals surface area contributed by atoms with Gasteiger partial charge in [-0.1, -0.05) is 6.07 Å². The summed E-state index contributed by atoms with van der Waals surface area (Å²) in [6.45, 7) is 0.889. The molecule has 25 heavy (non-hydrogen) atoms. The standard InChI is InChI=1S/C19H15N3O3/c20-13-2-3-14-15(9-13)21-18-12(5-6-22(18)19(14)23)7-11-1-4-16-17(8-11)25-10-24-16/h1-4,7-9H,5-6,10,20H2/b12-7-. The second-order valence-corrected chi connectivity index (χ2v) is 6.20. The number of hydrogen-bond donors (Lipinski definition) is 1. The third-order valence-corrected chi connectivity index (χ3v) is 4.61. The van der Waals surface area contributed by atoms with Gasteiger partial charge in [-0.3, -0.25) is 9.36 Å².